The number of amides is 1. The standard InChI is InChI=1S/C19H19N3O2/c1-2-11-24-18-10-6-4-8-16(18)19(23)22-21-13-14-12-20-17-9-5-3-7-15(14)17/h3-10,12-13,20H,2,11H2,1H3,(H,22,23). The van der Waals surface area contributed by atoms with Crippen molar-refractivity contribution in [2.45, 2.75) is 13.3 Å². The van der Waals surface area contributed by atoms with Crippen LogP contribution in [-0.2, 0) is 0 Å². The van der Waals surface area contributed by atoms with Gasteiger partial charge in [0.05, 0.1) is 18.4 Å². The maximum absolute atomic E-state index is 12.3. The first-order chi connectivity index (χ1) is 11.8. The number of fused-ring (bicyclic) bond motifs is 1. The number of aromatic nitrogens is 1. The number of nitrogens with zero attached hydrogens (tertiary/aromatic N) is 1. The van der Waals surface area contributed by atoms with Gasteiger partial charge < -0.3 is 9.72 Å². The van der Waals surface area contributed by atoms with Gasteiger partial charge in [-0.2, -0.15) is 5.10 Å². The maximum atomic E-state index is 12.3. The lowest BCUT2D eigenvalue weighted by atomic mass is 10.2. The largest absolute Gasteiger partial charge is 0.493 e. The summed E-state index contributed by atoms with van der Waals surface area (Å²) in [5, 5.41) is 5.12. The number of hydrogen-bond acceptors (Lipinski definition) is 3. The van der Waals surface area contributed by atoms with Crippen molar-refractivity contribution in [1.29, 1.82) is 0 Å². The molecule has 122 valence electrons. The molecule has 1 amide bonds. The summed E-state index contributed by atoms with van der Waals surface area (Å²) in [5.74, 6) is 0.275. The summed E-state index contributed by atoms with van der Waals surface area (Å²) in [6.07, 6.45) is 4.37. The lowest BCUT2D eigenvalue weighted by molar-refractivity contribution is 0.0951. The zero-order valence-electron chi connectivity index (χ0n) is 13.5. The van der Waals surface area contributed by atoms with Crippen LogP contribution in [0.15, 0.2) is 59.8 Å². The van der Waals surface area contributed by atoms with Crippen LogP contribution in [0.3, 0.4) is 0 Å². The van der Waals surface area contributed by atoms with Crippen molar-refractivity contribution in [1.82, 2.24) is 10.4 Å². The normalized spacial score (nSPS) is 11.0. The van der Waals surface area contributed by atoms with E-state index in [0.717, 1.165) is 22.9 Å². The molecule has 2 N–H and O–H groups in total. The van der Waals surface area contributed by atoms with Crippen LogP contribution in [0.1, 0.15) is 29.3 Å². The fraction of sp³-hybridized carbons (Fsp3) is 0.158. The Bertz CT molecular complexity index is 868. The molecule has 3 aromatic rings. The van der Waals surface area contributed by atoms with Crippen molar-refractivity contribution in [3.05, 3.63) is 65.9 Å². The summed E-state index contributed by atoms with van der Waals surface area (Å²) in [4.78, 5) is 15.5. The highest BCUT2D eigenvalue weighted by molar-refractivity contribution is 6.00. The van der Waals surface area contributed by atoms with E-state index in [0.29, 0.717) is 17.9 Å². The number of hydrogen-bond donors (Lipinski definition) is 2. The Kier molecular flexibility index (Phi) is 4.91. The van der Waals surface area contributed by atoms with Crippen LogP contribution in [0, 0.1) is 0 Å². The highest BCUT2D eigenvalue weighted by atomic mass is 16.5. The van der Waals surface area contributed by atoms with Gasteiger partial charge in [0.1, 0.15) is 5.75 Å². The van der Waals surface area contributed by atoms with Crippen LogP contribution in [0.4, 0.5) is 0 Å². The van der Waals surface area contributed by atoms with Gasteiger partial charge in [0.2, 0.25) is 0 Å². The number of ether oxygens (including phenoxy) is 1. The zero-order valence-corrected chi connectivity index (χ0v) is 13.5. The van der Waals surface area contributed by atoms with Crippen LogP contribution in [0.25, 0.3) is 10.9 Å². The SMILES string of the molecule is CCCOc1ccccc1C(=O)NN=Cc1c[nH]c2ccccc12. The van der Waals surface area contributed by atoms with Crippen LogP contribution < -0.4 is 10.2 Å². The Morgan fingerprint density at radius 1 is 1.21 bits per heavy atom. The molecule has 0 fully saturated rings. The molecule has 0 bridgehead atoms. The van der Waals surface area contributed by atoms with Crippen LogP contribution >= 0.6 is 0 Å². The number of carbonyl (C=O) groups is 1. The summed E-state index contributed by atoms with van der Waals surface area (Å²) < 4.78 is 5.60. The van der Waals surface area contributed by atoms with E-state index < -0.39 is 0 Å². The monoisotopic (exact) mass is 321 g/mol. The van der Waals surface area contributed by atoms with Crippen LogP contribution in [0.2, 0.25) is 0 Å². The number of nitrogens with one attached hydrogen (secondary N) is 2. The number of hydrazone groups is 1. The minimum Gasteiger partial charge on any atom is -0.493 e. The molecule has 0 radical (unpaired) electrons. The summed E-state index contributed by atoms with van der Waals surface area (Å²) >= 11 is 0. The van der Waals surface area contributed by atoms with E-state index in [1.165, 1.54) is 0 Å². The van der Waals surface area contributed by atoms with Gasteiger partial charge in [-0.3, -0.25) is 4.79 Å². The Labute approximate surface area is 140 Å². The predicted molar refractivity (Wildman–Crippen MR) is 95.6 cm³/mol. The quantitative estimate of drug-likeness (QED) is 0.537. The van der Waals surface area contributed by atoms with E-state index in [2.05, 4.69) is 15.5 Å². The molecule has 0 saturated heterocycles. The molecule has 0 spiro atoms. The number of carbonyl (C=O) groups excluding carboxylic acids is 1. The van der Waals surface area contributed by atoms with Gasteiger partial charge in [-0.25, -0.2) is 5.43 Å². The third-order valence-corrected chi connectivity index (χ3v) is 3.58. The van der Waals surface area contributed by atoms with Crippen LogP contribution in [0.5, 0.6) is 5.75 Å². The summed E-state index contributed by atoms with van der Waals surface area (Å²) in [5.41, 5.74) is 4.98. The zero-order chi connectivity index (χ0) is 16.8. The second-order valence-electron chi connectivity index (χ2n) is 5.33. The van der Waals surface area contributed by atoms with E-state index in [1.807, 2.05) is 43.5 Å². The van der Waals surface area contributed by atoms with Crippen molar-refractivity contribution < 1.29 is 9.53 Å². The Morgan fingerprint density at radius 3 is 2.88 bits per heavy atom. The lowest BCUT2D eigenvalue weighted by Gasteiger charge is -2.09. The van der Waals surface area contributed by atoms with Crippen molar-refractivity contribution >= 4 is 23.0 Å². The molecule has 24 heavy (non-hydrogen) atoms. The fourth-order valence-electron chi connectivity index (χ4n) is 2.41. The maximum Gasteiger partial charge on any atom is 0.275 e. The second kappa shape index (κ2) is 7.46. The van der Waals surface area contributed by atoms with E-state index in [1.54, 1.807) is 24.4 Å². The molecule has 5 heteroatoms. The first-order valence-electron chi connectivity index (χ1n) is 7.91. The Hall–Kier alpha value is -3.08. The number of aromatic amines is 1. The number of H-pyrrole nitrogens is 1. The molecule has 2 aromatic carbocycles. The summed E-state index contributed by atoms with van der Waals surface area (Å²) in [6.45, 7) is 2.59. The van der Waals surface area contributed by atoms with Crippen molar-refractivity contribution in [3.63, 3.8) is 0 Å². The molecule has 0 aliphatic heterocycles. The summed E-state index contributed by atoms with van der Waals surface area (Å²) in [7, 11) is 0. The number of para-hydroxylation sites is 2. The van der Waals surface area contributed by atoms with Gasteiger partial charge in [-0.05, 0) is 24.6 Å². The van der Waals surface area contributed by atoms with Gasteiger partial charge in [0.25, 0.3) is 5.91 Å². The molecule has 0 unspecified atom stereocenters. The molecule has 0 atom stereocenters. The number of benzene rings is 2. The highest BCUT2D eigenvalue weighted by Crippen LogP contribution is 2.18. The van der Waals surface area contributed by atoms with Gasteiger partial charge in [0.15, 0.2) is 0 Å². The topological polar surface area (TPSA) is 66.5 Å². The lowest BCUT2D eigenvalue weighted by Crippen LogP contribution is -2.18. The van der Waals surface area contributed by atoms with Gasteiger partial charge in [0, 0.05) is 22.7 Å². The van der Waals surface area contributed by atoms with Gasteiger partial charge in [-0.1, -0.05) is 37.3 Å². The van der Waals surface area contributed by atoms with Crippen molar-refractivity contribution in [3.8, 4) is 5.75 Å². The molecule has 0 aliphatic carbocycles. The molecule has 0 aliphatic rings. The molecular formula is C19H19N3O2. The molecule has 5 nitrogen and oxygen atoms in total. The second-order valence-corrected chi connectivity index (χ2v) is 5.33. The van der Waals surface area contributed by atoms with Gasteiger partial charge in [-0.15, -0.1) is 0 Å². The third kappa shape index (κ3) is 3.46. The van der Waals surface area contributed by atoms with Crippen molar-refractivity contribution in [2.24, 2.45) is 5.10 Å². The van der Waals surface area contributed by atoms with E-state index in [-0.39, 0.29) is 5.91 Å². The molecular weight excluding hydrogens is 302 g/mol. The highest BCUT2D eigenvalue weighted by Gasteiger charge is 2.11. The minimum atomic E-state index is -0.294. The molecule has 1 aromatic heterocycles. The average molecular weight is 321 g/mol. The fourth-order valence-corrected chi connectivity index (χ4v) is 2.41. The molecule has 3 rings (SSSR count). The van der Waals surface area contributed by atoms with Crippen molar-refractivity contribution in [2.75, 3.05) is 6.61 Å². The Morgan fingerprint density at radius 2 is 2.00 bits per heavy atom. The summed E-state index contributed by atoms with van der Waals surface area (Å²) in [6, 6.07) is 15.1. The Balaban J connectivity index is 1.71. The third-order valence-electron chi connectivity index (χ3n) is 3.58. The predicted octanol–water partition coefficient (Wildman–Crippen LogP) is 3.72. The minimum absolute atomic E-state index is 0.294. The molecule has 0 saturated carbocycles. The first-order valence-corrected chi connectivity index (χ1v) is 7.91. The first kappa shape index (κ1) is 15.8. The van der Waals surface area contributed by atoms with Crippen LogP contribution in [-0.4, -0.2) is 23.7 Å². The van der Waals surface area contributed by atoms with Gasteiger partial charge >= 0.3 is 0 Å². The number of rotatable bonds is 6. The van der Waals surface area contributed by atoms with E-state index >= 15 is 0 Å². The van der Waals surface area contributed by atoms with E-state index in [4.69, 9.17) is 4.74 Å². The molecule has 1 heterocycles. The average Bonchev–Trinajstić information content (AvgIpc) is 3.03. The van der Waals surface area contributed by atoms with E-state index in [9.17, 15) is 4.79 Å². The smallest absolute Gasteiger partial charge is 0.275 e.